The standard InChI is InChI=1S/C20H14ClN3O2/c21-16-10-4-9-15-17(13-6-2-1-3-7-13)19(23-18(15)16)20(25)24-22-12-14-8-5-11-26-14/h1-12,23H,(H,24,25). The van der Waals surface area contributed by atoms with Gasteiger partial charge < -0.3 is 9.40 Å². The minimum Gasteiger partial charge on any atom is -0.463 e. The first-order chi connectivity index (χ1) is 12.7. The Morgan fingerprint density at radius 1 is 1.08 bits per heavy atom. The Bertz CT molecular complexity index is 1080. The lowest BCUT2D eigenvalue weighted by atomic mass is 10.0. The van der Waals surface area contributed by atoms with Crippen LogP contribution in [0.2, 0.25) is 5.02 Å². The Morgan fingerprint density at radius 3 is 2.69 bits per heavy atom. The summed E-state index contributed by atoms with van der Waals surface area (Å²) in [5.74, 6) is 0.187. The van der Waals surface area contributed by atoms with Crippen LogP contribution in [0.5, 0.6) is 0 Å². The molecule has 0 unspecified atom stereocenters. The van der Waals surface area contributed by atoms with Crippen LogP contribution in [0.15, 0.2) is 76.4 Å². The molecule has 0 fully saturated rings. The summed E-state index contributed by atoms with van der Waals surface area (Å²) in [5, 5.41) is 5.38. The summed E-state index contributed by atoms with van der Waals surface area (Å²) in [6, 6.07) is 18.8. The van der Waals surface area contributed by atoms with Gasteiger partial charge in [-0.1, -0.05) is 54.1 Å². The van der Waals surface area contributed by atoms with Crippen LogP contribution in [0, 0.1) is 0 Å². The van der Waals surface area contributed by atoms with E-state index in [-0.39, 0.29) is 5.91 Å². The number of hydrazone groups is 1. The third-order valence-electron chi connectivity index (χ3n) is 3.97. The second kappa shape index (κ2) is 6.90. The number of rotatable bonds is 4. The van der Waals surface area contributed by atoms with Crippen molar-refractivity contribution < 1.29 is 9.21 Å². The van der Waals surface area contributed by atoms with Gasteiger partial charge in [0.05, 0.1) is 23.0 Å². The number of hydrogen-bond donors (Lipinski definition) is 2. The molecule has 0 saturated carbocycles. The first-order valence-electron chi connectivity index (χ1n) is 7.96. The minimum atomic E-state index is -0.362. The summed E-state index contributed by atoms with van der Waals surface area (Å²) in [5.41, 5.74) is 5.34. The molecule has 0 bridgehead atoms. The van der Waals surface area contributed by atoms with Crippen molar-refractivity contribution in [3.63, 3.8) is 0 Å². The fraction of sp³-hybridized carbons (Fsp3) is 0. The monoisotopic (exact) mass is 363 g/mol. The number of amides is 1. The summed E-state index contributed by atoms with van der Waals surface area (Å²) in [6.45, 7) is 0. The molecule has 1 amide bonds. The molecule has 2 N–H and O–H groups in total. The van der Waals surface area contributed by atoms with Gasteiger partial charge in [0.15, 0.2) is 0 Å². The summed E-state index contributed by atoms with van der Waals surface area (Å²) in [6.07, 6.45) is 2.98. The Labute approximate surface area is 154 Å². The first kappa shape index (κ1) is 16.2. The van der Waals surface area contributed by atoms with E-state index >= 15 is 0 Å². The number of benzene rings is 2. The summed E-state index contributed by atoms with van der Waals surface area (Å²) < 4.78 is 5.15. The molecule has 4 aromatic rings. The molecule has 26 heavy (non-hydrogen) atoms. The number of nitrogens with one attached hydrogen (secondary N) is 2. The predicted molar refractivity (Wildman–Crippen MR) is 103 cm³/mol. The smallest absolute Gasteiger partial charge is 0.288 e. The predicted octanol–water partition coefficient (Wildman–Crippen LogP) is 4.85. The molecule has 128 valence electrons. The first-order valence-corrected chi connectivity index (χ1v) is 8.34. The molecule has 4 rings (SSSR count). The van der Waals surface area contributed by atoms with Gasteiger partial charge in [-0.25, -0.2) is 5.43 Å². The highest BCUT2D eigenvalue weighted by Crippen LogP contribution is 2.35. The van der Waals surface area contributed by atoms with E-state index in [0.29, 0.717) is 22.0 Å². The normalized spacial score (nSPS) is 11.3. The van der Waals surface area contributed by atoms with Crippen molar-refractivity contribution in [3.05, 3.63) is 83.4 Å². The molecule has 0 aliphatic carbocycles. The van der Waals surface area contributed by atoms with Crippen LogP contribution in [0.1, 0.15) is 16.2 Å². The van der Waals surface area contributed by atoms with Gasteiger partial charge in [-0.05, 0) is 23.8 Å². The van der Waals surface area contributed by atoms with Crippen LogP contribution >= 0.6 is 11.6 Å². The Balaban J connectivity index is 1.76. The number of para-hydroxylation sites is 1. The summed E-state index contributed by atoms with van der Waals surface area (Å²) in [4.78, 5) is 15.9. The molecule has 0 aliphatic heterocycles. The lowest BCUT2D eigenvalue weighted by Gasteiger charge is -2.04. The van der Waals surface area contributed by atoms with Crippen molar-refractivity contribution >= 4 is 34.6 Å². The molecule has 0 radical (unpaired) electrons. The average Bonchev–Trinajstić information content (AvgIpc) is 3.30. The average molecular weight is 364 g/mol. The number of carbonyl (C=O) groups excluding carboxylic acids is 1. The van der Waals surface area contributed by atoms with E-state index in [1.165, 1.54) is 12.5 Å². The Hall–Kier alpha value is -3.31. The molecule has 5 nitrogen and oxygen atoms in total. The van der Waals surface area contributed by atoms with Crippen LogP contribution < -0.4 is 5.43 Å². The van der Waals surface area contributed by atoms with Crippen molar-refractivity contribution in [2.45, 2.75) is 0 Å². The second-order valence-corrected chi connectivity index (χ2v) is 6.03. The molecule has 2 heterocycles. The maximum absolute atomic E-state index is 12.7. The molecule has 0 atom stereocenters. The van der Waals surface area contributed by atoms with E-state index in [1.807, 2.05) is 42.5 Å². The highest BCUT2D eigenvalue weighted by molar-refractivity contribution is 6.36. The number of hydrogen-bond acceptors (Lipinski definition) is 3. The minimum absolute atomic E-state index is 0.362. The second-order valence-electron chi connectivity index (χ2n) is 5.62. The number of halogens is 1. The van der Waals surface area contributed by atoms with Gasteiger partial charge in [-0.2, -0.15) is 5.10 Å². The van der Waals surface area contributed by atoms with E-state index in [4.69, 9.17) is 16.0 Å². The highest BCUT2D eigenvalue weighted by Gasteiger charge is 2.20. The lowest BCUT2D eigenvalue weighted by molar-refractivity contribution is 0.0951. The number of H-pyrrole nitrogens is 1. The molecule has 2 aromatic heterocycles. The van der Waals surface area contributed by atoms with E-state index in [9.17, 15) is 4.79 Å². The van der Waals surface area contributed by atoms with Crippen molar-refractivity contribution in [2.75, 3.05) is 0 Å². The van der Waals surface area contributed by atoms with Crippen LogP contribution in [0.4, 0.5) is 0 Å². The van der Waals surface area contributed by atoms with Gasteiger partial charge in [0.2, 0.25) is 0 Å². The van der Waals surface area contributed by atoms with Crippen LogP contribution in [0.25, 0.3) is 22.0 Å². The van der Waals surface area contributed by atoms with Gasteiger partial charge in [0.25, 0.3) is 5.91 Å². The molecule has 6 heteroatoms. The fourth-order valence-corrected chi connectivity index (χ4v) is 3.05. The maximum Gasteiger partial charge on any atom is 0.288 e. The SMILES string of the molecule is O=C(NN=Cc1ccco1)c1[nH]c2c(Cl)cccc2c1-c1ccccc1. The summed E-state index contributed by atoms with van der Waals surface area (Å²) >= 11 is 6.30. The third kappa shape index (κ3) is 3.00. The zero-order chi connectivity index (χ0) is 17.9. The largest absolute Gasteiger partial charge is 0.463 e. The molecule has 0 spiro atoms. The van der Waals surface area contributed by atoms with Crippen LogP contribution in [-0.4, -0.2) is 17.1 Å². The van der Waals surface area contributed by atoms with Crippen molar-refractivity contribution in [2.24, 2.45) is 5.10 Å². The van der Waals surface area contributed by atoms with Crippen molar-refractivity contribution in [3.8, 4) is 11.1 Å². The van der Waals surface area contributed by atoms with E-state index in [0.717, 1.165) is 16.5 Å². The topological polar surface area (TPSA) is 70.4 Å². The van der Waals surface area contributed by atoms with Crippen LogP contribution in [-0.2, 0) is 0 Å². The molecule has 2 aromatic carbocycles. The number of aromatic nitrogens is 1. The number of fused-ring (bicyclic) bond motifs is 1. The number of nitrogens with zero attached hydrogens (tertiary/aromatic N) is 1. The van der Waals surface area contributed by atoms with Crippen molar-refractivity contribution in [1.29, 1.82) is 0 Å². The number of furan rings is 1. The third-order valence-corrected chi connectivity index (χ3v) is 4.29. The molecular weight excluding hydrogens is 350 g/mol. The zero-order valence-corrected chi connectivity index (χ0v) is 14.3. The highest BCUT2D eigenvalue weighted by atomic mass is 35.5. The van der Waals surface area contributed by atoms with Gasteiger partial charge in [-0.15, -0.1) is 0 Å². The quantitative estimate of drug-likeness (QED) is 0.402. The van der Waals surface area contributed by atoms with Crippen molar-refractivity contribution in [1.82, 2.24) is 10.4 Å². The van der Waals surface area contributed by atoms with Gasteiger partial charge >= 0.3 is 0 Å². The van der Waals surface area contributed by atoms with Gasteiger partial charge in [-0.3, -0.25) is 4.79 Å². The van der Waals surface area contributed by atoms with E-state index < -0.39 is 0 Å². The van der Waals surface area contributed by atoms with Crippen LogP contribution in [0.3, 0.4) is 0 Å². The van der Waals surface area contributed by atoms with E-state index in [2.05, 4.69) is 15.5 Å². The maximum atomic E-state index is 12.7. The fourth-order valence-electron chi connectivity index (χ4n) is 2.83. The van der Waals surface area contributed by atoms with E-state index in [1.54, 1.807) is 18.2 Å². The molecular formula is C20H14ClN3O2. The zero-order valence-electron chi connectivity index (χ0n) is 13.6. The Morgan fingerprint density at radius 2 is 1.92 bits per heavy atom. The Kier molecular flexibility index (Phi) is 4.29. The number of aromatic amines is 1. The lowest BCUT2D eigenvalue weighted by Crippen LogP contribution is -2.18. The molecule has 0 saturated heterocycles. The van der Waals surface area contributed by atoms with Gasteiger partial charge in [0, 0.05) is 10.9 Å². The number of carbonyl (C=O) groups is 1. The molecule has 0 aliphatic rings. The van der Waals surface area contributed by atoms with Gasteiger partial charge in [0.1, 0.15) is 11.5 Å². The summed E-state index contributed by atoms with van der Waals surface area (Å²) in [7, 11) is 0.